The Balaban J connectivity index is 1.74. The van der Waals surface area contributed by atoms with Gasteiger partial charge in [0, 0.05) is 12.8 Å². The summed E-state index contributed by atoms with van der Waals surface area (Å²) in [6.07, 6.45) is 5.39. The Morgan fingerprint density at radius 3 is 2.70 bits per heavy atom. The van der Waals surface area contributed by atoms with E-state index in [9.17, 15) is 9.59 Å². The molecule has 0 aliphatic heterocycles. The fourth-order valence-corrected chi connectivity index (χ4v) is 2.66. The van der Waals surface area contributed by atoms with E-state index in [4.69, 9.17) is 4.74 Å². The van der Waals surface area contributed by atoms with Gasteiger partial charge >= 0.3 is 5.97 Å². The smallest absolute Gasteiger partial charge is 0.306 e. The number of esters is 1. The first-order valence-corrected chi connectivity index (χ1v) is 7.47. The maximum Gasteiger partial charge on any atom is 0.306 e. The Morgan fingerprint density at radius 1 is 1.10 bits per heavy atom. The van der Waals surface area contributed by atoms with Crippen LogP contribution in [0.3, 0.4) is 0 Å². The van der Waals surface area contributed by atoms with Crippen molar-refractivity contribution in [3.05, 3.63) is 34.9 Å². The van der Waals surface area contributed by atoms with Crippen molar-refractivity contribution >= 4 is 11.8 Å². The molecule has 0 bridgehead atoms. The molecule has 0 radical (unpaired) electrons. The predicted octanol–water partition coefficient (Wildman–Crippen LogP) is 3.02. The van der Waals surface area contributed by atoms with E-state index in [0.29, 0.717) is 19.4 Å². The molecule has 0 fully saturated rings. The molecule has 1 aliphatic rings. The van der Waals surface area contributed by atoms with Crippen molar-refractivity contribution in [1.29, 1.82) is 0 Å². The van der Waals surface area contributed by atoms with E-state index in [1.165, 1.54) is 36.0 Å². The number of ketones is 1. The average Bonchev–Trinajstić information content (AvgIpc) is 2.90. The third kappa shape index (κ3) is 4.19. The van der Waals surface area contributed by atoms with Crippen molar-refractivity contribution in [2.45, 2.75) is 51.9 Å². The summed E-state index contributed by atoms with van der Waals surface area (Å²) in [5, 5.41) is 0. The summed E-state index contributed by atoms with van der Waals surface area (Å²) in [7, 11) is 0. The number of carbonyl (C=O) groups is 2. The Morgan fingerprint density at radius 2 is 1.90 bits per heavy atom. The summed E-state index contributed by atoms with van der Waals surface area (Å²) in [6.45, 7) is 2.15. The molecule has 0 saturated heterocycles. The minimum atomic E-state index is -0.279. The molecule has 1 aromatic carbocycles. The van der Waals surface area contributed by atoms with Gasteiger partial charge < -0.3 is 4.74 Å². The molecule has 0 unspecified atom stereocenters. The number of fused-ring (bicyclic) bond motifs is 1. The summed E-state index contributed by atoms with van der Waals surface area (Å²) < 4.78 is 4.81. The quantitative estimate of drug-likeness (QED) is 0.718. The molecule has 0 aromatic heterocycles. The lowest BCUT2D eigenvalue weighted by Gasteiger charge is -2.05. The zero-order valence-electron chi connectivity index (χ0n) is 12.1. The van der Waals surface area contributed by atoms with E-state index in [2.05, 4.69) is 18.2 Å². The van der Waals surface area contributed by atoms with Gasteiger partial charge in [-0.1, -0.05) is 18.2 Å². The van der Waals surface area contributed by atoms with Crippen LogP contribution in [0, 0.1) is 0 Å². The third-order valence-corrected chi connectivity index (χ3v) is 3.77. The van der Waals surface area contributed by atoms with Gasteiger partial charge in [0.1, 0.15) is 5.78 Å². The van der Waals surface area contributed by atoms with Crippen LogP contribution in [0.2, 0.25) is 0 Å². The molecule has 0 amide bonds. The molecule has 2 rings (SSSR count). The van der Waals surface area contributed by atoms with Crippen molar-refractivity contribution < 1.29 is 14.3 Å². The lowest BCUT2D eigenvalue weighted by molar-refractivity contribution is -0.144. The molecule has 3 nitrogen and oxygen atoms in total. The molecule has 1 aliphatic carbocycles. The highest BCUT2D eigenvalue weighted by Gasteiger charge is 2.12. The van der Waals surface area contributed by atoms with Gasteiger partial charge in [0.2, 0.25) is 0 Å². The highest BCUT2D eigenvalue weighted by atomic mass is 16.5. The van der Waals surface area contributed by atoms with Crippen LogP contribution >= 0.6 is 0 Å². The predicted molar refractivity (Wildman–Crippen MR) is 77.7 cm³/mol. The highest BCUT2D eigenvalue weighted by Crippen LogP contribution is 2.23. The standard InChI is InChI=1S/C17H22O3/c1-2-20-17(19)11-10-16(18)9-7-13-6-8-14-4-3-5-15(14)12-13/h6,8,12H,2-5,7,9-11H2,1H3. The minimum absolute atomic E-state index is 0.138. The number of hydrogen-bond acceptors (Lipinski definition) is 3. The van der Waals surface area contributed by atoms with Crippen LogP contribution in [0.1, 0.15) is 49.3 Å². The van der Waals surface area contributed by atoms with Gasteiger partial charge in [0.15, 0.2) is 0 Å². The molecule has 0 saturated carbocycles. The number of aryl methyl sites for hydroxylation is 3. The number of benzene rings is 1. The van der Waals surface area contributed by atoms with Gasteiger partial charge in [-0.25, -0.2) is 0 Å². The second-order valence-corrected chi connectivity index (χ2v) is 5.30. The molecule has 0 atom stereocenters. The average molecular weight is 274 g/mol. The normalized spacial score (nSPS) is 13.1. The van der Waals surface area contributed by atoms with Crippen molar-refractivity contribution in [3.63, 3.8) is 0 Å². The molecule has 0 spiro atoms. The largest absolute Gasteiger partial charge is 0.466 e. The van der Waals surface area contributed by atoms with Gasteiger partial charge in [-0.05, 0) is 49.3 Å². The molecule has 108 valence electrons. The molecule has 0 N–H and O–H groups in total. The van der Waals surface area contributed by atoms with Gasteiger partial charge in [-0.3, -0.25) is 9.59 Å². The van der Waals surface area contributed by atoms with Crippen LogP contribution in [-0.4, -0.2) is 18.4 Å². The van der Waals surface area contributed by atoms with Crippen LogP contribution in [0.15, 0.2) is 18.2 Å². The van der Waals surface area contributed by atoms with Gasteiger partial charge in [0.05, 0.1) is 13.0 Å². The van der Waals surface area contributed by atoms with Crippen LogP contribution in [-0.2, 0) is 33.6 Å². The molecular formula is C17H22O3. The Bertz CT molecular complexity index is 491. The van der Waals surface area contributed by atoms with Crippen molar-refractivity contribution in [2.75, 3.05) is 6.61 Å². The number of ether oxygens (including phenoxy) is 1. The number of hydrogen-bond donors (Lipinski definition) is 0. The SMILES string of the molecule is CCOC(=O)CCC(=O)CCc1ccc2c(c1)CCC2. The van der Waals surface area contributed by atoms with Crippen LogP contribution in [0.25, 0.3) is 0 Å². The maximum atomic E-state index is 11.8. The topological polar surface area (TPSA) is 43.4 Å². The van der Waals surface area contributed by atoms with Gasteiger partial charge in [0.25, 0.3) is 0 Å². The maximum absolute atomic E-state index is 11.8. The van der Waals surface area contributed by atoms with E-state index in [1.54, 1.807) is 6.92 Å². The molecule has 20 heavy (non-hydrogen) atoms. The second-order valence-electron chi connectivity index (χ2n) is 5.30. The Labute approximate surface area is 120 Å². The third-order valence-electron chi connectivity index (χ3n) is 3.77. The molecule has 3 heteroatoms. The summed E-state index contributed by atoms with van der Waals surface area (Å²) in [5.74, 6) is -0.142. The first-order chi connectivity index (χ1) is 9.69. The summed E-state index contributed by atoms with van der Waals surface area (Å²) >= 11 is 0. The first-order valence-electron chi connectivity index (χ1n) is 7.47. The van der Waals surface area contributed by atoms with Crippen LogP contribution in [0.4, 0.5) is 0 Å². The van der Waals surface area contributed by atoms with Crippen molar-refractivity contribution in [1.82, 2.24) is 0 Å². The van der Waals surface area contributed by atoms with E-state index in [1.807, 2.05) is 0 Å². The summed E-state index contributed by atoms with van der Waals surface area (Å²) in [4.78, 5) is 22.9. The van der Waals surface area contributed by atoms with Crippen LogP contribution in [0.5, 0.6) is 0 Å². The number of carbonyl (C=O) groups excluding carboxylic acids is 2. The second kappa shape index (κ2) is 7.22. The summed E-state index contributed by atoms with van der Waals surface area (Å²) in [6, 6.07) is 6.56. The zero-order chi connectivity index (χ0) is 14.4. The van der Waals surface area contributed by atoms with E-state index >= 15 is 0 Å². The molecule has 1 aromatic rings. The van der Waals surface area contributed by atoms with Gasteiger partial charge in [-0.2, -0.15) is 0 Å². The van der Waals surface area contributed by atoms with Crippen LogP contribution < -0.4 is 0 Å². The lowest BCUT2D eigenvalue weighted by Crippen LogP contribution is -2.08. The van der Waals surface area contributed by atoms with Crippen molar-refractivity contribution in [2.24, 2.45) is 0 Å². The lowest BCUT2D eigenvalue weighted by atomic mass is 10.0. The minimum Gasteiger partial charge on any atom is -0.466 e. The molecule has 0 heterocycles. The van der Waals surface area contributed by atoms with E-state index in [0.717, 1.165) is 6.42 Å². The monoisotopic (exact) mass is 274 g/mol. The Kier molecular flexibility index (Phi) is 5.33. The van der Waals surface area contributed by atoms with E-state index in [-0.39, 0.29) is 18.2 Å². The zero-order valence-corrected chi connectivity index (χ0v) is 12.1. The highest BCUT2D eigenvalue weighted by molar-refractivity contribution is 5.83. The fraction of sp³-hybridized carbons (Fsp3) is 0.529. The Hall–Kier alpha value is -1.64. The van der Waals surface area contributed by atoms with Gasteiger partial charge in [-0.15, -0.1) is 0 Å². The number of rotatable bonds is 7. The molecular weight excluding hydrogens is 252 g/mol. The first kappa shape index (κ1) is 14.8. The summed E-state index contributed by atoms with van der Waals surface area (Å²) in [5.41, 5.74) is 4.14. The fourth-order valence-electron chi connectivity index (χ4n) is 2.66. The number of Topliss-reactive ketones (excluding diaryl/α,β-unsaturated/α-hetero) is 1. The van der Waals surface area contributed by atoms with E-state index < -0.39 is 0 Å². The van der Waals surface area contributed by atoms with Crippen molar-refractivity contribution in [3.8, 4) is 0 Å².